The zero-order chi connectivity index (χ0) is 13.3. The van der Waals surface area contributed by atoms with Gasteiger partial charge < -0.3 is 10.6 Å². The molecule has 17 heavy (non-hydrogen) atoms. The molecule has 6 nitrogen and oxygen atoms in total. The first-order valence-corrected chi connectivity index (χ1v) is 6.41. The molecule has 7 heteroatoms. The molecule has 0 aromatic heterocycles. The Morgan fingerprint density at radius 3 is 2.47 bits per heavy atom. The second kappa shape index (κ2) is 8.30. The number of carbonyl (C=O) groups excluding carboxylic acids is 2. The van der Waals surface area contributed by atoms with Crippen molar-refractivity contribution in [3.8, 4) is 0 Å². The number of alkyl halides is 1. The Morgan fingerprint density at radius 2 is 1.94 bits per heavy atom. The van der Waals surface area contributed by atoms with Crippen LogP contribution in [0, 0.1) is 0 Å². The van der Waals surface area contributed by atoms with Gasteiger partial charge in [-0.15, -0.1) is 0 Å². The Bertz CT molecular complexity index is 253. The van der Waals surface area contributed by atoms with Gasteiger partial charge in [0.05, 0.1) is 0 Å². The summed E-state index contributed by atoms with van der Waals surface area (Å²) >= 11 is 3.24. The van der Waals surface area contributed by atoms with Crippen LogP contribution in [-0.4, -0.2) is 36.0 Å². The van der Waals surface area contributed by atoms with E-state index in [0.29, 0.717) is 6.54 Å². The van der Waals surface area contributed by atoms with E-state index in [2.05, 4.69) is 36.3 Å². The summed E-state index contributed by atoms with van der Waals surface area (Å²) in [6, 6.07) is 0. The van der Waals surface area contributed by atoms with E-state index < -0.39 is 11.6 Å². The molecule has 2 amide bonds. The van der Waals surface area contributed by atoms with Gasteiger partial charge in [-0.2, -0.15) is 4.89 Å². The number of halogens is 1. The van der Waals surface area contributed by atoms with E-state index in [1.807, 2.05) is 0 Å². The van der Waals surface area contributed by atoms with Crippen LogP contribution in [-0.2, 0) is 14.6 Å². The molecule has 2 N–H and O–H groups in total. The molecule has 0 aromatic rings. The van der Waals surface area contributed by atoms with Gasteiger partial charge in [0.2, 0.25) is 5.91 Å². The highest BCUT2D eigenvalue weighted by atomic mass is 79.9. The van der Waals surface area contributed by atoms with E-state index in [9.17, 15) is 9.59 Å². The standard InChI is InChI=1S/C10H19BrN2O4/c1-10(2,3)13-9(15)17-16-7-8(14)12-6-4-5-11/h4-7H2,1-3H3,(H,12,14)(H,13,15). The third-order valence-electron chi connectivity index (χ3n) is 1.43. The average molecular weight is 311 g/mol. The van der Waals surface area contributed by atoms with Crippen molar-refractivity contribution in [2.75, 3.05) is 18.5 Å². The molecule has 0 saturated heterocycles. The highest BCUT2D eigenvalue weighted by Gasteiger charge is 2.15. The first-order valence-electron chi connectivity index (χ1n) is 5.29. The number of rotatable bonds is 6. The van der Waals surface area contributed by atoms with Crippen LogP contribution in [0.25, 0.3) is 0 Å². The lowest BCUT2D eigenvalue weighted by Crippen LogP contribution is -2.41. The van der Waals surface area contributed by atoms with Gasteiger partial charge in [-0.25, -0.2) is 4.79 Å². The van der Waals surface area contributed by atoms with Gasteiger partial charge in [-0.3, -0.25) is 9.68 Å². The van der Waals surface area contributed by atoms with Crippen LogP contribution in [0.15, 0.2) is 0 Å². The fourth-order valence-electron chi connectivity index (χ4n) is 0.809. The topological polar surface area (TPSA) is 76.7 Å². The molecule has 100 valence electrons. The minimum absolute atomic E-state index is 0.306. The summed E-state index contributed by atoms with van der Waals surface area (Å²) in [5, 5.41) is 5.94. The van der Waals surface area contributed by atoms with Gasteiger partial charge in [0.25, 0.3) is 0 Å². The first kappa shape index (κ1) is 16.2. The predicted molar refractivity (Wildman–Crippen MR) is 66.7 cm³/mol. The zero-order valence-electron chi connectivity index (χ0n) is 10.3. The normalized spacial score (nSPS) is 10.8. The van der Waals surface area contributed by atoms with Gasteiger partial charge in [0, 0.05) is 17.4 Å². The fourth-order valence-corrected chi connectivity index (χ4v) is 1.09. The molecule has 0 radical (unpaired) electrons. The van der Waals surface area contributed by atoms with E-state index in [0.717, 1.165) is 11.8 Å². The van der Waals surface area contributed by atoms with Crippen molar-refractivity contribution in [1.29, 1.82) is 0 Å². The lowest BCUT2D eigenvalue weighted by atomic mass is 10.1. The molecule has 0 aliphatic heterocycles. The maximum Gasteiger partial charge on any atom is 0.439 e. The summed E-state index contributed by atoms with van der Waals surface area (Å²) in [7, 11) is 0. The van der Waals surface area contributed by atoms with Gasteiger partial charge >= 0.3 is 6.09 Å². The maximum atomic E-state index is 11.1. The third-order valence-corrected chi connectivity index (χ3v) is 2.00. The van der Waals surface area contributed by atoms with Crippen molar-refractivity contribution in [2.45, 2.75) is 32.7 Å². The van der Waals surface area contributed by atoms with Crippen LogP contribution in [0.1, 0.15) is 27.2 Å². The maximum absolute atomic E-state index is 11.1. The lowest BCUT2D eigenvalue weighted by molar-refractivity contribution is -0.236. The average Bonchev–Trinajstić information content (AvgIpc) is 2.15. The Hall–Kier alpha value is -0.820. The zero-order valence-corrected chi connectivity index (χ0v) is 11.9. The van der Waals surface area contributed by atoms with Crippen molar-refractivity contribution in [2.24, 2.45) is 0 Å². The summed E-state index contributed by atoms with van der Waals surface area (Å²) in [5.74, 6) is -0.325. The molecular formula is C10H19BrN2O4. The quantitative estimate of drug-likeness (QED) is 0.336. The Kier molecular flexibility index (Phi) is 7.90. The second-order valence-corrected chi connectivity index (χ2v) is 5.19. The number of nitrogens with one attached hydrogen (secondary N) is 2. The van der Waals surface area contributed by atoms with Gasteiger partial charge in [0.1, 0.15) is 0 Å². The largest absolute Gasteiger partial charge is 0.439 e. The van der Waals surface area contributed by atoms with Crippen molar-refractivity contribution < 1.29 is 19.4 Å². The number of carbonyl (C=O) groups is 2. The van der Waals surface area contributed by atoms with Crippen molar-refractivity contribution in [3.63, 3.8) is 0 Å². The highest BCUT2D eigenvalue weighted by molar-refractivity contribution is 9.09. The molecule has 0 aliphatic carbocycles. The highest BCUT2D eigenvalue weighted by Crippen LogP contribution is 1.98. The summed E-state index contributed by atoms with van der Waals surface area (Å²) in [5.41, 5.74) is -0.404. The number of hydrogen-bond donors (Lipinski definition) is 2. The molecular weight excluding hydrogens is 292 g/mol. The van der Waals surface area contributed by atoms with Crippen LogP contribution < -0.4 is 10.6 Å². The van der Waals surface area contributed by atoms with Gasteiger partial charge in [-0.1, -0.05) is 15.9 Å². The molecule has 0 aromatic carbocycles. The van der Waals surface area contributed by atoms with Crippen molar-refractivity contribution >= 4 is 27.9 Å². The van der Waals surface area contributed by atoms with E-state index in [-0.39, 0.29) is 12.5 Å². The summed E-state index contributed by atoms with van der Waals surface area (Å²) in [6.07, 6.45) is 0.114. The molecule has 0 aliphatic rings. The smallest absolute Gasteiger partial charge is 0.354 e. The monoisotopic (exact) mass is 310 g/mol. The molecule has 0 bridgehead atoms. The summed E-state index contributed by atoms with van der Waals surface area (Å²) in [6.45, 7) is 5.67. The van der Waals surface area contributed by atoms with Crippen LogP contribution >= 0.6 is 15.9 Å². The van der Waals surface area contributed by atoms with Crippen LogP contribution in [0.3, 0.4) is 0 Å². The molecule has 0 saturated carbocycles. The number of hydrogen-bond acceptors (Lipinski definition) is 4. The molecule has 0 unspecified atom stereocenters. The van der Waals surface area contributed by atoms with Crippen LogP contribution in [0.4, 0.5) is 4.79 Å². The first-order chi connectivity index (χ1) is 7.85. The molecule has 0 spiro atoms. The lowest BCUT2D eigenvalue weighted by Gasteiger charge is -2.18. The molecule has 0 atom stereocenters. The van der Waals surface area contributed by atoms with Gasteiger partial charge in [0.15, 0.2) is 6.61 Å². The summed E-state index contributed by atoms with van der Waals surface area (Å²) < 4.78 is 0. The van der Waals surface area contributed by atoms with Crippen LogP contribution in [0.5, 0.6) is 0 Å². The van der Waals surface area contributed by atoms with E-state index in [1.165, 1.54) is 0 Å². The number of amides is 2. The molecule has 0 heterocycles. The van der Waals surface area contributed by atoms with E-state index in [1.54, 1.807) is 20.8 Å². The van der Waals surface area contributed by atoms with Crippen LogP contribution in [0.2, 0.25) is 0 Å². The van der Waals surface area contributed by atoms with E-state index in [4.69, 9.17) is 0 Å². The van der Waals surface area contributed by atoms with E-state index >= 15 is 0 Å². The Labute approximate surface area is 109 Å². The molecule has 0 rings (SSSR count). The Morgan fingerprint density at radius 1 is 1.29 bits per heavy atom. The van der Waals surface area contributed by atoms with Gasteiger partial charge in [-0.05, 0) is 27.2 Å². The second-order valence-electron chi connectivity index (χ2n) is 4.40. The SMILES string of the molecule is CC(C)(C)NC(=O)OOCC(=O)NCCCBr. The minimum Gasteiger partial charge on any atom is -0.354 e. The molecule has 0 fully saturated rings. The minimum atomic E-state index is -0.717. The van der Waals surface area contributed by atoms with Crippen molar-refractivity contribution in [1.82, 2.24) is 10.6 Å². The Balaban J connectivity index is 3.56. The predicted octanol–water partition coefficient (Wildman–Crippen LogP) is 1.34. The van der Waals surface area contributed by atoms with Crippen molar-refractivity contribution in [3.05, 3.63) is 0 Å². The third kappa shape index (κ3) is 11.4. The fraction of sp³-hybridized carbons (Fsp3) is 0.800. The summed E-state index contributed by atoms with van der Waals surface area (Å²) in [4.78, 5) is 31.1.